The Hall–Kier alpha value is -2.21. The van der Waals surface area contributed by atoms with Crippen LogP contribution in [0, 0.1) is 0 Å². The van der Waals surface area contributed by atoms with Crippen LogP contribution >= 0.6 is 11.8 Å². The normalized spacial score (nSPS) is 10.3. The molecule has 0 bridgehead atoms. The highest BCUT2D eigenvalue weighted by atomic mass is 32.2. The molecule has 21 heavy (non-hydrogen) atoms. The lowest BCUT2D eigenvalue weighted by atomic mass is 10.2. The van der Waals surface area contributed by atoms with E-state index in [0.29, 0.717) is 12.3 Å². The Morgan fingerprint density at radius 3 is 2.62 bits per heavy atom. The van der Waals surface area contributed by atoms with Crippen molar-refractivity contribution in [3.8, 4) is 11.5 Å². The Balaban J connectivity index is 2.40. The van der Waals surface area contributed by atoms with E-state index in [1.165, 1.54) is 12.4 Å². The van der Waals surface area contributed by atoms with E-state index in [9.17, 15) is 9.59 Å². The van der Waals surface area contributed by atoms with Crippen molar-refractivity contribution in [2.24, 2.45) is 0 Å². The largest absolute Gasteiger partial charge is 0.477 e. The molecule has 0 aliphatic heterocycles. The molecule has 1 N–H and O–H groups in total. The Morgan fingerprint density at radius 1 is 1.29 bits per heavy atom. The Morgan fingerprint density at radius 2 is 2.00 bits per heavy atom. The molecule has 5 nitrogen and oxygen atoms in total. The predicted octanol–water partition coefficient (Wildman–Crippen LogP) is 2.70. The van der Waals surface area contributed by atoms with E-state index in [1.807, 2.05) is 12.3 Å². The van der Waals surface area contributed by atoms with Crippen LogP contribution in [0.3, 0.4) is 0 Å². The van der Waals surface area contributed by atoms with Gasteiger partial charge >= 0.3 is 5.97 Å². The molecule has 0 aliphatic rings. The Kier molecular flexibility index (Phi) is 5.05. The third-order valence-corrected chi connectivity index (χ3v) is 3.39. The lowest BCUT2D eigenvalue weighted by Crippen LogP contribution is -2.19. The van der Waals surface area contributed by atoms with E-state index in [2.05, 4.69) is 0 Å². The number of aryl methyl sites for hydroxylation is 1. The van der Waals surface area contributed by atoms with Crippen LogP contribution in [0.4, 0.5) is 0 Å². The maximum atomic E-state index is 12.1. The zero-order chi connectivity index (χ0) is 15.2. The van der Waals surface area contributed by atoms with E-state index in [-0.39, 0.29) is 11.3 Å². The van der Waals surface area contributed by atoms with Gasteiger partial charge in [-0.1, -0.05) is 18.2 Å². The topological polar surface area (TPSA) is 68.5 Å². The maximum absolute atomic E-state index is 12.1. The van der Waals surface area contributed by atoms with Crippen molar-refractivity contribution in [3.05, 3.63) is 58.5 Å². The van der Waals surface area contributed by atoms with Crippen LogP contribution in [-0.4, -0.2) is 27.7 Å². The van der Waals surface area contributed by atoms with Gasteiger partial charge in [-0.25, -0.2) is 4.79 Å². The van der Waals surface area contributed by atoms with E-state index >= 15 is 0 Å². The molecule has 1 aromatic heterocycles. The minimum Gasteiger partial charge on any atom is -0.477 e. The first-order valence-electron chi connectivity index (χ1n) is 6.31. The van der Waals surface area contributed by atoms with E-state index in [4.69, 9.17) is 9.84 Å². The summed E-state index contributed by atoms with van der Waals surface area (Å²) in [6, 6.07) is 8.81. The monoisotopic (exact) mass is 305 g/mol. The van der Waals surface area contributed by atoms with Crippen LogP contribution in [0.2, 0.25) is 0 Å². The number of hydrogen-bond acceptors (Lipinski definition) is 4. The van der Waals surface area contributed by atoms with Crippen LogP contribution in [0.1, 0.15) is 10.4 Å². The van der Waals surface area contributed by atoms with Crippen LogP contribution in [0.25, 0.3) is 0 Å². The number of rotatable bonds is 6. The molecule has 1 aromatic carbocycles. The number of thioether (sulfide) groups is 1. The number of pyridine rings is 1. The smallest absolute Gasteiger partial charge is 0.341 e. The Labute approximate surface area is 126 Å². The van der Waals surface area contributed by atoms with Crippen LogP contribution in [0.15, 0.2) is 47.5 Å². The molecule has 0 atom stereocenters. The molecule has 0 fully saturated rings. The van der Waals surface area contributed by atoms with Crippen molar-refractivity contribution >= 4 is 17.7 Å². The highest BCUT2D eigenvalue weighted by Crippen LogP contribution is 2.18. The zero-order valence-corrected chi connectivity index (χ0v) is 12.3. The summed E-state index contributed by atoms with van der Waals surface area (Å²) in [7, 11) is 0. The standard InChI is InChI=1S/C15H15NO4S/c1-21-8-7-16-9-12(15(18)19)14(17)13(10-16)20-11-5-3-2-4-6-11/h2-6,9-10H,7-8H2,1H3,(H,18,19). The highest BCUT2D eigenvalue weighted by molar-refractivity contribution is 7.98. The van der Waals surface area contributed by atoms with Crippen LogP contribution < -0.4 is 10.2 Å². The molecule has 0 radical (unpaired) electrons. The molecular formula is C15H15NO4S. The van der Waals surface area contributed by atoms with Gasteiger partial charge in [-0.15, -0.1) is 0 Å². The quantitative estimate of drug-likeness (QED) is 0.888. The number of benzene rings is 1. The number of hydrogen-bond donors (Lipinski definition) is 1. The number of carboxylic acid groups (broad SMARTS) is 1. The molecule has 0 unspecified atom stereocenters. The third-order valence-electron chi connectivity index (χ3n) is 2.80. The van der Waals surface area contributed by atoms with Gasteiger partial charge in [0.05, 0.1) is 6.20 Å². The third kappa shape index (κ3) is 3.88. The summed E-state index contributed by atoms with van der Waals surface area (Å²) in [5.41, 5.74) is -0.906. The van der Waals surface area contributed by atoms with Gasteiger partial charge in [0.25, 0.3) is 0 Å². The first-order chi connectivity index (χ1) is 10.1. The fraction of sp³-hybridized carbons (Fsp3) is 0.200. The molecule has 110 valence electrons. The van der Waals surface area contributed by atoms with Crippen LogP contribution in [-0.2, 0) is 6.54 Å². The van der Waals surface area contributed by atoms with Gasteiger partial charge in [-0.05, 0) is 18.4 Å². The summed E-state index contributed by atoms with van der Waals surface area (Å²) < 4.78 is 7.18. The molecule has 0 aliphatic carbocycles. The average molecular weight is 305 g/mol. The predicted molar refractivity (Wildman–Crippen MR) is 82.6 cm³/mol. The van der Waals surface area contributed by atoms with Crippen molar-refractivity contribution in [1.29, 1.82) is 0 Å². The number of aromatic nitrogens is 1. The highest BCUT2D eigenvalue weighted by Gasteiger charge is 2.15. The minimum atomic E-state index is -1.25. The average Bonchev–Trinajstić information content (AvgIpc) is 2.48. The van der Waals surface area contributed by atoms with Gasteiger partial charge in [0.1, 0.15) is 11.3 Å². The summed E-state index contributed by atoms with van der Waals surface area (Å²) in [6.45, 7) is 0.604. The molecule has 0 saturated carbocycles. The summed E-state index contributed by atoms with van der Waals surface area (Å²) in [5.74, 6) is 0.0688. The fourth-order valence-electron chi connectivity index (χ4n) is 1.77. The number of ether oxygens (including phenoxy) is 1. The van der Waals surface area contributed by atoms with Gasteiger partial charge in [0, 0.05) is 18.5 Å². The number of carbonyl (C=O) groups is 1. The van der Waals surface area contributed by atoms with E-state index in [1.54, 1.807) is 40.6 Å². The van der Waals surface area contributed by atoms with Gasteiger partial charge in [0.15, 0.2) is 5.75 Å². The number of aromatic carboxylic acids is 1. The molecule has 0 saturated heterocycles. The van der Waals surface area contributed by atoms with E-state index < -0.39 is 11.4 Å². The first-order valence-corrected chi connectivity index (χ1v) is 7.70. The maximum Gasteiger partial charge on any atom is 0.341 e. The molecule has 6 heteroatoms. The number of carboxylic acids is 1. The molecular weight excluding hydrogens is 290 g/mol. The van der Waals surface area contributed by atoms with Gasteiger partial charge in [-0.2, -0.15) is 11.8 Å². The molecule has 2 rings (SSSR count). The van der Waals surface area contributed by atoms with Gasteiger partial charge in [-0.3, -0.25) is 4.79 Å². The fourth-order valence-corrected chi connectivity index (χ4v) is 2.16. The van der Waals surface area contributed by atoms with Crippen molar-refractivity contribution < 1.29 is 14.6 Å². The van der Waals surface area contributed by atoms with Crippen molar-refractivity contribution in [1.82, 2.24) is 4.57 Å². The summed E-state index contributed by atoms with van der Waals surface area (Å²) in [4.78, 5) is 23.3. The molecule has 0 amide bonds. The second kappa shape index (κ2) is 6.99. The molecule has 2 aromatic rings. The second-order valence-electron chi connectivity index (χ2n) is 4.32. The SMILES string of the molecule is CSCCn1cc(Oc2ccccc2)c(=O)c(C(=O)O)c1. The number of para-hydroxylation sites is 1. The van der Waals surface area contributed by atoms with Gasteiger partial charge in [0.2, 0.25) is 5.43 Å². The minimum absolute atomic E-state index is 0.0159. The summed E-state index contributed by atoms with van der Waals surface area (Å²) in [6.07, 6.45) is 4.85. The van der Waals surface area contributed by atoms with Gasteiger partial charge < -0.3 is 14.4 Å². The van der Waals surface area contributed by atoms with Crippen molar-refractivity contribution in [2.75, 3.05) is 12.0 Å². The Bertz CT molecular complexity index is 682. The first kappa shape index (κ1) is 15.2. The van der Waals surface area contributed by atoms with E-state index in [0.717, 1.165) is 5.75 Å². The second-order valence-corrected chi connectivity index (χ2v) is 5.30. The molecule has 1 heterocycles. The lowest BCUT2D eigenvalue weighted by Gasteiger charge is -2.11. The lowest BCUT2D eigenvalue weighted by molar-refractivity contribution is 0.0694. The molecule has 0 spiro atoms. The van der Waals surface area contributed by atoms with Crippen molar-refractivity contribution in [3.63, 3.8) is 0 Å². The summed E-state index contributed by atoms with van der Waals surface area (Å²) >= 11 is 1.64. The summed E-state index contributed by atoms with van der Waals surface area (Å²) in [5, 5.41) is 9.13. The zero-order valence-electron chi connectivity index (χ0n) is 11.5. The van der Waals surface area contributed by atoms with Crippen LogP contribution in [0.5, 0.6) is 11.5 Å². The van der Waals surface area contributed by atoms with Crippen molar-refractivity contribution in [2.45, 2.75) is 6.54 Å². The number of nitrogens with zero attached hydrogens (tertiary/aromatic N) is 1.